The van der Waals surface area contributed by atoms with Crippen LogP contribution in [0.1, 0.15) is 29.6 Å². The summed E-state index contributed by atoms with van der Waals surface area (Å²) in [6, 6.07) is 9.30. The summed E-state index contributed by atoms with van der Waals surface area (Å²) in [4.78, 5) is 18.8. The Morgan fingerprint density at radius 2 is 1.87 bits per heavy atom. The van der Waals surface area contributed by atoms with E-state index in [2.05, 4.69) is 10.3 Å². The quantitative estimate of drug-likeness (QED) is 0.939. The van der Waals surface area contributed by atoms with E-state index in [0.717, 1.165) is 37.3 Å². The third-order valence-corrected chi connectivity index (χ3v) is 4.06. The molecule has 0 radical (unpaired) electrons. The summed E-state index contributed by atoms with van der Waals surface area (Å²) < 4.78 is 5.29. The van der Waals surface area contributed by atoms with Gasteiger partial charge >= 0.3 is 0 Å². The normalized spacial score (nSPS) is 14.4. The van der Waals surface area contributed by atoms with E-state index in [1.807, 2.05) is 29.2 Å². The van der Waals surface area contributed by atoms with Crippen molar-refractivity contribution in [3.63, 3.8) is 0 Å². The molecule has 1 aliphatic heterocycles. The summed E-state index contributed by atoms with van der Waals surface area (Å²) in [6.07, 6.45) is 6.78. The Hall–Kier alpha value is -2.56. The van der Waals surface area contributed by atoms with Crippen LogP contribution in [0.25, 0.3) is 0 Å². The maximum absolute atomic E-state index is 12.9. The number of piperidine rings is 1. The topological polar surface area (TPSA) is 54.5 Å². The fourth-order valence-corrected chi connectivity index (χ4v) is 2.79. The smallest absolute Gasteiger partial charge is 0.256 e. The van der Waals surface area contributed by atoms with Crippen LogP contribution in [0.4, 0.5) is 11.4 Å². The number of ether oxygens (including phenoxy) is 1. The van der Waals surface area contributed by atoms with Crippen molar-refractivity contribution in [1.82, 2.24) is 9.88 Å². The van der Waals surface area contributed by atoms with Gasteiger partial charge < -0.3 is 15.0 Å². The van der Waals surface area contributed by atoms with Gasteiger partial charge in [-0.2, -0.15) is 0 Å². The lowest BCUT2D eigenvalue weighted by Crippen LogP contribution is -2.35. The van der Waals surface area contributed by atoms with Crippen LogP contribution < -0.4 is 10.1 Å². The number of benzene rings is 1. The summed E-state index contributed by atoms with van der Waals surface area (Å²) in [5, 5.41) is 3.30. The number of hydrogen-bond donors (Lipinski definition) is 1. The predicted octanol–water partition coefficient (Wildman–Crippen LogP) is 3.46. The molecular weight excluding hydrogens is 290 g/mol. The Labute approximate surface area is 136 Å². The number of rotatable bonds is 4. The summed E-state index contributed by atoms with van der Waals surface area (Å²) in [7, 11) is 1.61. The van der Waals surface area contributed by atoms with Crippen molar-refractivity contribution >= 4 is 17.3 Å². The van der Waals surface area contributed by atoms with E-state index in [1.165, 1.54) is 6.42 Å². The average molecular weight is 311 g/mol. The van der Waals surface area contributed by atoms with Crippen molar-refractivity contribution in [2.24, 2.45) is 0 Å². The minimum Gasteiger partial charge on any atom is -0.497 e. The molecule has 1 aliphatic rings. The van der Waals surface area contributed by atoms with Gasteiger partial charge in [0.15, 0.2) is 0 Å². The van der Waals surface area contributed by atoms with Crippen LogP contribution in [-0.2, 0) is 0 Å². The fraction of sp³-hybridized carbons (Fsp3) is 0.333. The van der Waals surface area contributed by atoms with E-state index in [-0.39, 0.29) is 5.91 Å². The van der Waals surface area contributed by atoms with Crippen LogP contribution in [0.5, 0.6) is 5.75 Å². The molecule has 0 bridgehead atoms. The Kier molecular flexibility index (Phi) is 4.76. The summed E-state index contributed by atoms with van der Waals surface area (Å²) >= 11 is 0. The average Bonchev–Trinajstić information content (AvgIpc) is 2.63. The van der Waals surface area contributed by atoms with Crippen LogP contribution in [0, 0.1) is 0 Å². The van der Waals surface area contributed by atoms with E-state index in [1.54, 1.807) is 25.6 Å². The van der Waals surface area contributed by atoms with Gasteiger partial charge in [-0.1, -0.05) is 0 Å². The van der Waals surface area contributed by atoms with E-state index in [4.69, 9.17) is 4.74 Å². The van der Waals surface area contributed by atoms with Crippen molar-refractivity contribution < 1.29 is 9.53 Å². The number of hydrogen-bond acceptors (Lipinski definition) is 4. The zero-order valence-corrected chi connectivity index (χ0v) is 13.3. The maximum atomic E-state index is 12.9. The lowest BCUT2D eigenvalue weighted by molar-refractivity contribution is 0.0725. The Morgan fingerprint density at radius 1 is 1.13 bits per heavy atom. The Balaban J connectivity index is 1.90. The largest absolute Gasteiger partial charge is 0.497 e. The monoisotopic (exact) mass is 311 g/mol. The van der Waals surface area contributed by atoms with Gasteiger partial charge in [0.05, 0.1) is 18.4 Å². The molecule has 2 aromatic rings. The molecule has 0 unspecified atom stereocenters. The van der Waals surface area contributed by atoms with Crippen molar-refractivity contribution in [2.75, 3.05) is 25.5 Å². The molecule has 3 rings (SSSR count). The third kappa shape index (κ3) is 3.62. The molecule has 2 heterocycles. The molecule has 5 nitrogen and oxygen atoms in total. The van der Waals surface area contributed by atoms with Gasteiger partial charge in [-0.05, 0) is 49.6 Å². The van der Waals surface area contributed by atoms with Gasteiger partial charge in [-0.25, -0.2) is 0 Å². The second-order valence-electron chi connectivity index (χ2n) is 5.63. The number of nitrogens with zero attached hydrogens (tertiary/aromatic N) is 2. The number of methoxy groups -OCH3 is 1. The van der Waals surface area contributed by atoms with Gasteiger partial charge in [0.1, 0.15) is 5.75 Å². The molecule has 120 valence electrons. The number of anilines is 2. The molecule has 0 atom stereocenters. The molecule has 1 aromatic carbocycles. The first kappa shape index (κ1) is 15.3. The molecule has 1 fully saturated rings. The second-order valence-corrected chi connectivity index (χ2v) is 5.63. The number of nitrogens with one attached hydrogen (secondary N) is 1. The first-order chi connectivity index (χ1) is 11.3. The van der Waals surface area contributed by atoms with Gasteiger partial charge in [-0.15, -0.1) is 0 Å². The standard InChI is InChI=1S/C18H21N3O2/c1-23-15-5-6-17(20-14-7-9-19-10-8-14)16(13-15)18(22)21-11-3-2-4-12-21/h5-10,13H,2-4,11-12H2,1H3,(H,19,20). The molecule has 23 heavy (non-hydrogen) atoms. The van der Waals surface area contributed by atoms with E-state index < -0.39 is 0 Å². The molecule has 0 spiro atoms. The second kappa shape index (κ2) is 7.13. The highest BCUT2D eigenvalue weighted by Crippen LogP contribution is 2.27. The molecule has 0 aliphatic carbocycles. The van der Waals surface area contributed by atoms with Gasteiger partial charge in [0, 0.05) is 31.2 Å². The van der Waals surface area contributed by atoms with Crippen molar-refractivity contribution in [2.45, 2.75) is 19.3 Å². The molecule has 5 heteroatoms. The number of likely N-dealkylation sites (tertiary alicyclic amines) is 1. The summed E-state index contributed by atoms with van der Waals surface area (Å²) in [5.74, 6) is 0.741. The number of aromatic nitrogens is 1. The highest BCUT2D eigenvalue weighted by atomic mass is 16.5. The SMILES string of the molecule is COc1ccc(Nc2ccncc2)c(C(=O)N2CCCCC2)c1. The summed E-state index contributed by atoms with van der Waals surface area (Å²) in [6.45, 7) is 1.65. The van der Waals surface area contributed by atoms with Crippen LogP contribution in [0.15, 0.2) is 42.7 Å². The predicted molar refractivity (Wildman–Crippen MR) is 90.3 cm³/mol. The van der Waals surface area contributed by atoms with Crippen molar-refractivity contribution in [3.05, 3.63) is 48.3 Å². The lowest BCUT2D eigenvalue weighted by atomic mass is 10.1. The zero-order valence-electron chi connectivity index (χ0n) is 13.3. The minimum atomic E-state index is 0.0557. The number of carbonyl (C=O) groups excluding carboxylic acids is 1. The molecule has 1 aromatic heterocycles. The van der Waals surface area contributed by atoms with Gasteiger partial charge in [0.2, 0.25) is 0 Å². The van der Waals surface area contributed by atoms with Crippen LogP contribution in [0.3, 0.4) is 0 Å². The third-order valence-electron chi connectivity index (χ3n) is 4.06. The van der Waals surface area contributed by atoms with E-state index in [9.17, 15) is 4.79 Å². The highest BCUT2D eigenvalue weighted by Gasteiger charge is 2.21. The van der Waals surface area contributed by atoms with Crippen molar-refractivity contribution in [3.8, 4) is 5.75 Å². The lowest BCUT2D eigenvalue weighted by Gasteiger charge is -2.27. The molecule has 1 N–H and O–H groups in total. The number of amides is 1. The fourth-order valence-electron chi connectivity index (χ4n) is 2.79. The van der Waals surface area contributed by atoms with Crippen LogP contribution >= 0.6 is 0 Å². The van der Waals surface area contributed by atoms with Crippen LogP contribution in [0.2, 0.25) is 0 Å². The zero-order chi connectivity index (χ0) is 16.1. The molecule has 0 saturated carbocycles. The molecule has 1 amide bonds. The molecular formula is C18H21N3O2. The minimum absolute atomic E-state index is 0.0557. The van der Waals surface area contributed by atoms with Crippen LogP contribution in [-0.4, -0.2) is 36.0 Å². The van der Waals surface area contributed by atoms with Crippen molar-refractivity contribution in [1.29, 1.82) is 0 Å². The van der Waals surface area contributed by atoms with Gasteiger partial charge in [0.25, 0.3) is 5.91 Å². The number of pyridine rings is 1. The molecule has 1 saturated heterocycles. The number of carbonyl (C=O) groups is 1. The first-order valence-electron chi connectivity index (χ1n) is 7.92. The van der Waals surface area contributed by atoms with E-state index >= 15 is 0 Å². The Morgan fingerprint density at radius 3 is 2.57 bits per heavy atom. The van der Waals surface area contributed by atoms with Gasteiger partial charge in [-0.3, -0.25) is 9.78 Å². The Bertz CT molecular complexity index is 667. The summed E-state index contributed by atoms with van der Waals surface area (Å²) in [5.41, 5.74) is 2.33. The van der Waals surface area contributed by atoms with E-state index in [0.29, 0.717) is 11.3 Å². The highest BCUT2D eigenvalue weighted by molar-refractivity contribution is 6.00. The maximum Gasteiger partial charge on any atom is 0.256 e. The first-order valence-corrected chi connectivity index (χ1v) is 7.92.